The van der Waals surface area contributed by atoms with Crippen molar-refractivity contribution in [3.63, 3.8) is 0 Å². The third-order valence-electron chi connectivity index (χ3n) is 6.58. The first-order chi connectivity index (χ1) is 18.9. The summed E-state index contributed by atoms with van der Waals surface area (Å²) in [5.74, 6) is -2.33. The lowest BCUT2D eigenvalue weighted by Gasteiger charge is -2.26. The van der Waals surface area contributed by atoms with Gasteiger partial charge in [0.1, 0.15) is 22.9 Å². The van der Waals surface area contributed by atoms with Gasteiger partial charge in [0.15, 0.2) is 0 Å². The maximum absolute atomic E-state index is 13.8. The van der Waals surface area contributed by atoms with Gasteiger partial charge in [-0.2, -0.15) is 13.2 Å². The molecule has 1 fully saturated rings. The molecule has 12 heteroatoms. The summed E-state index contributed by atoms with van der Waals surface area (Å²) < 4.78 is 45.9. The Labute approximate surface area is 230 Å². The molecule has 2 aromatic rings. The van der Waals surface area contributed by atoms with Gasteiger partial charge in [0.05, 0.1) is 25.3 Å². The Balaban J connectivity index is 1.88. The van der Waals surface area contributed by atoms with Crippen molar-refractivity contribution in [3.8, 4) is 11.5 Å². The molecule has 0 radical (unpaired) electrons. The number of carbonyl (C=O) groups excluding carboxylic acids is 2. The van der Waals surface area contributed by atoms with E-state index < -0.39 is 41.5 Å². The average molecular weight is 563 g/mol. The van der Waals surface area contributed by atoms with E-state index in [1.807, 2.05) is 7.05 Å². The highest BCUT2D eigenvalue weighted by Crippen LogP contribution is 2.42. The number of aromatic hydroxyl groups is 2. The van der Waals surface area contributed by atoms with Crippen molar-refractivity contribution in [1.29, 1.82) is 0 Å². The van der Waals surface area contributed by atoms with E-state index in [1.54, 1.807) is 12.1 Å². The van der Waals surface area contributed by atoms with Crippen molar-refractivity contribution in [2.24, 2.45) is 10.7 Å². The van der Waals surface area contributed by atoms with Crippen LogP contribution in [0.1, 0.15) is 42.4 Å². The van der Waals surface area contributed by atoms with Crippen LogP contribution < -0.4 is 10.6 Å². The van der Waals surface area contributed by atoms with E-state index in [1.165, 1.54) is 24.3 Å². The smallest absolute Gasteiger partial charge is 0.421 e. The molecule has 1 heterocycles. The lowest BCUT2D eigenvalue weighted by Crippen LogP contribution is -2.33. The lowest BCUT2D eigenvalue weighted by molar-refractivity contribution is -0.142. The number of benzene rings is 2. The number of piperidine rings is 1. The normalized spacial score (nSPS) is 15.4. The fraction of sp³-hybridized carbons (Fsp3) is 0.393. The molecular weight excluding hydrogens is 529 g/mol. The number of esters is 1. The number of anilines is 1. The molecule has 0 saturated carbocycles. The summed E-state index contributed by atoms with van der Waals surface area (Å²) in [5.41, 5.74) is 5.15. The summed E-state index contributed by atoms with van der Waals surface area (Å²) in [6.45, 7) is 1.47. The number of phenolic OH excluding ortho intramolecular Hbond substituents is 2. The van der Waals surface area contributed by atoms with Crippen molar-refractivity contribution >= 4 is 29.5 Å². The summed E-state index contributed by atoms with van der Waals surface area (Å²) >= 11 is 0. The Bertz CT molecular complexity index is 1270. The third-order valence-corrected chi connectivity index (χ3v) is 6.58. The predicted octanol–water partition coefficient (Wildman–Crippen LogP) is 3.92. The number of carbonyl (C=O) groups is 2. The number of nitrogens with two attached hydrogens (primary N) is 1. The van der Waals surface area contributed by atoms with Gasteiger partial charge in [-0.25, -0.2) is 0 Å². The van der Waals surface area contributed by atoms with E-state index in [-0.39, 0.29) is 24.8 Å². The Morgan fingerprint density at radius 1 is 1.15 bits per heavy atom. The molecule has 0 aliphatic carbocycles. The van der Waals surface area contributed by atoms with Crippen LogP contribution in [0.25, 0.3) is 6.08 Å². The van der Waals surface area contributed by atoms with Crippen LogP contribution in [-0.4, -0.2) is 72.7 Å². The SMILES string of the molecule is COC(=O)CCC(=O)N(C/C=C/c1cc(C(N)=NC2CCN(C)CC2)ccc1O)c1cccc(O)c1C(F)(F)F. The zero-order valence-electron chi connectivity index (χ0n) is 22.3. The monoisotopic (exact) mass is 562 g/mol. The topological polar surface area (TPSA) is 129 Å². The molecule has 216 valence electrons. The Morgan fingerprint density at radius 3 is 2.50 bits per heavy atom. The number of hydrogen-bond acceptors (Lipinski definition) is 7. The van der Waals surface area contributed by atoms with Crippen LogP contribution in [0.15, 0.2) is 47.5 Å². The summed E-state index contributed by atoms with van der Waals surface area (Å²) in [7, 11) is 3.18. The highest BCUT2D eigenvalue weighted by molar-refractivity contribution is 5.98. The molecule has 40 heavy (non-hydrogen) atoms. The number of alkyl halides is 3. The second kappa shape index (κ2) is 13.3. The van der Waals surface area contributed by atoms with Crippen LogP contribution in [0.5, 0.6) is 11.5 Å². The number of amides is 1. The van der Waals surface area contributed by atoms with Gasteiger partial charge in [0.2, 0.25) is 5.91 Å². The fourth-order valence-electron chi connectivity index (χ4n) is 4.35. The Morgan fingerprint density at radius 2 is 1.85 bits per heavy atom. The van der Waals surface area contributed by atoms with Crippen LogP contribution in [0.2, 0.25) is 0 Å². The molecule has 1 aliphatic rings. The van der Waals surface area contributed by atoms with Gasteiger partial charge in [-0.05, 0) is 63.3 Å². The average Bonchev–Trinajstić information content (AvgIpc) is 2.90. The van der Waals surface area contributed by atoms with E-state index in [0.29, 0.717) is 17.0 Å². The summed E-state index contributed by atoms with van der Waals surface area (Å²) in [4.78, 5) is 32.1. The molecule has 1 aliphatic heterocycles. The van der Waals surface area contributed by atoms with Crippen molar-refractivity contribution in [2.75, 3.05) is 38.7 Å². The van der Waals surface area contributed by atoms with Crippen LogP contribution in [0.3, 0.4) is 0 Å². The standard InChI is InChI=1S/C28H33F3N4O5/c1-34-15-12-20(13-16-34)33-27(32)19-8-9-22(36)18(17-19)5-4-14-35(24(38)10-11-25(39)40-2)21-6-3-7-23(37)26(21)28(29,30)31/h3-9,17,20,36-37H,10-16H2,1-2H3,(H2,32,33)/b5-4+. The number of phenols is 2. The number of nitrogens with zero attached hydrogens (tertiary/aromatic N) is 3. The van der Waals surface area contributed by atoms with Gasteiger partial charge in [-0.15, -0.1) is 0 Å². The number of likely N-dealkylation sites (tertiary alicyclic amines) is 1. The molecule has 2 aromatic carbocycles. The largest absolute Gasteiger partial charge is 0.507 e. The number of aliphatic imine (C=N–C) groups is 1. The van der Waals surface area contributed by atoms with Crippen molar-refractivity contribution < 1.29 is 37.7 Å². The third kappa shape index (κ3) is 7.98. The molecule has 1 saturated heterocycles. The molecule has 0 spiro atoms. The fourth-order valence-corrected chi connectivity index (χ4v) is 4.35. The van der Waals surface area contributed by atoms with E-state index in [2.05, 4.69) is 14.6 Å². The molecule has 1 amide bonds. The number of ether oxygens (including phenoxy) is 1. The predicted molar refractivity (Wildman–Crippen MR) is 145 cm³/mol. The molecule has 0 aromatic heterocycles. The number of methoxy groups -OCH3 is 1. The highest BCUT2D eigenvalue weighted by atomic mass is 19.4. The first-order valence-electron chi connectivity index (χ1n) is 12.7. The summed E-state index contributed by atoms with van der Waals surface area (Å²) in [6.07, 6.45) is -1.13. The van der Waals surface area contributed by atoms with Crippen LogP contribution in [0, 0.1) is 0 Å². The number of halogens is 3. The van der Waals surface area contributed by atoms with Gasteiger partial charge in [-0.3, -0.25) is 14.6 Å². The van der Waals surface area contributed by atoms with Gasteiger partial charge in [0, 0.05) is 24.1 Å². The van der Waals surface area contributed by atoms with Gasteiger partial charge >= 0.3 is 12.1 Å². The van der Waals surface area contributed by atoms with Gasteiger partial charge in [0.25, 0.3) is 0 Å². The second-order valence-electron chi connectivity index (χ2n) is 9.47. The van der Waals surface area contributed by atoms with Crippen molar-refractivity contribution in [2.45, 2.75) is 37.9 Å². The Kier molecular flexibility index (Phi) is 10.2. The molecule has 9 nitrogen and oxygen atoms in total. The highest BCUT2D eigenvalue weighted by Gasteiger charge is 2.39. The number of amidine groups is 1. The van der Waals surface area contributed by atoms with Gasteiger partial charge < -0.3 is 30.5 Å². The maximum atomic E-state index is 13.8. The molecular formula is C28H33F3N4O5. The maximum Gasteiger partial charge on any atom is 0.421 e. The molecule has 0 atom stereocenters. The first-order valence-corrected chi connectivity index (χ1v) is 12.7. The minimum Gasteiger partial charge on any atom is -0.507 e. The quantitative estimate of drug-likeness (QED) is 0.240. The number of hydrogen-bond donors (Lipinski definition) is 3. The van der Waals surface area contributed by atoms with Gasteiger partial charge in [-0.1, -0.05) is 18.2 Å². The summed E-state index contributed by atoms with van der Waals surface area (Å²) in [6, 6.07) is 7.85. The van der Waals surface area contributed by atoms with E-state index in [4.69, 9.17) is 5.73 Å². The zero-order chi connectivity index (χ0) is 29.4. The zero-order valence-corrected chi connectivity index (χ0v) is 22.3. The molecule has 0 unspecified atom stereocenters. The van der Waals surface area contributed by atoms with E-state index in [0.717, 1.165) is 50.1 Å². The molecule has 4 N–H and O–H groups in total. The first kappa shape index (κ1) is 30.5. The molecule has 3 rings (SSSR count). The van der Waals surface area contributed by atoms with E-state index in [9.17, 15) is 33.0 Å². The number of rotatable bonds is 9. The van der Waals surface area contributed by atoms with Crippen molar-refractivity contribution in [1.82, 2.24) is 4.90 Å². The molecule has 0 bridgehead atoms. The van der Waals surface area contributed by atoms with Crippen LogP contribution >= 0.6 is 0 Å². The minimum absolute atomic E-state index is 0.0821. The van der Waals surface area contributed by atoms with E-state index >= 15 is 0 Å². The van der Waals surface area contributed by atoms with Crippen LogP contribution in [-0.2, 0) is 20.5 Å². The minimum atomic E-state index is -4.96. The van der Waals surface area contributed by atoms with Crippen molar-refractivity contribution in [3.05, 3.63) is 59.2 Å². The summed E-state index contributed by atoms with van der Waals surface area (Å²) in [5, 5.41) is 20.3. The van der Waals surface area contributed by atoms with Crippen LogP contribution in [0.4, 0.5) is 18.9 Å². The second-order valence-corrected chi connectivity index (χ2v) is 9.47. The Hall–Kier alpha value is -4.06. The lowest BCUT2D eigenvalue weighted by atomic mass is 10.0.